The second kappa shape index (κ2) is 5.60. The van der Waals surface area contributed by atoms with Crippen LogP contribution >= 0.6 is 0 Å². The minimum atomic E-state index is -4.45. The van der Waals surface area contributed by atoms with Gasteiger partial charge in [-0.3, -0.25) is 9.59 Å². The van der Waals surface area contributed by atoms with Crippen molar-refractivity contribution in [3.05, 3.63) is 36.1 Å². The van der Waals surface area contributed by atoms with Crippen LogP contribution in [0.4, 0.5) is 13.2 Å². The molecule has 0 unspecified atom stereocenters. The van der Waals surface area contributed by atoms with Crippen molar-refractivity contribution in [2.75, 3.05) is 13.1 Å². The SMILES string of the molecule is O=C(N[C@@H]1CC(=O)N(CC(F)(F)F)C1)c1cc2ccccc2o1. The third-order valence-corrected chi connectivity index (χ3v) is 3.57. The van der Waals surface area contributed by atoms with E-state index in [4.69, 9.17) is 4.42 Å². The van der Waals surface area contributed by atoms with Gasteiger partial charge in [-0.15, -0.1) is 0 Å². The van der Waals surface area contributed by atoms with Gasteiger partial charge < -0.3 is 14.6 Å². The number of carbonyl (C=O) groups is 2. The number of para-hydroxylation sites is 1. The largest absolute Gasteiger partial charge is 0.451 e. The highest BCUT2D eigenvalue weighted by atomic mass is 19.4. The maximum atomic E-state index is 12.4. The third kappa shape index (κ3) is 3.46. The van der Waals surface area contributed by atoms with E-state index in [0.29, 0.717) is 10.5 Å². The predicted molar refractivity (Wildman–Crippen MR) is 74.7 cm³/mol. The molecule has 2 amide bonds. The first kappa shape index (κ1) is 15.4. The molecule has 2 heterocycles. The number of nitrogens with zero attached hydrogens (tertiary/aromatic N) is 1. The van der Waals surface area contributed by atoms with Gasteiger partial charge in [-0.2, -0.15) is 13.2 Å². The Morgan fingerprint density at radius 3 is 2.78 bits per heavy atom. The first-order valence-electron chi connectivity index (χ1n) is 6.96. The molecule has 122 valence electrons. The second-order valence-corrected chi connectivity index (χ2v) is 5.41. The summed E-state index contributed by atoms with van der Waals surface area (Å²) < 4.78 is 42.5. The number of nitrogens with one attached hydrogen (secondary N) is 1. The van der Waals surface area contributed by atoms with Crippen LogP contribution in [0.25, 0.3) is 11.0 Å². The van der Waals surface area contributed by atoms with Gasteiger partial charge in [-0.1, -0.05) is 18.2 Å². The van der Waals surface area contributed by atoms with Crippen molar-refractivity contribution in [1.29, 1.82) is 0 Å². The zero-order valence-electron chi connectivity index (χ0n) is 11.9. The topological polar surface area (TPSA) is 62.6 Å². The standard InChI is InChI=1S/C15H13F3N2O3/c16-15(17,18)8-20-7-10(6-13(20)21)19-14(22)12-5-9-3-1-2-4-11(9)23-12/h1-5,10H,6-8H2,(H,19,22)/t10-/m1/s1. The highest BCUT2D eigenvalue weighted by Crippen LogP contribution is 2.22. The fraction of sp³-hybridized carbons (Fsp3) is 0.333. The van der Waals surface area contributed by atoms with Crippen LogP contribution < -0.4 is 5.32 Å². The summed E-state index contributed by atoms with van der Waals surface area (Å²) in [7, 11) is 0. The molecule has 8 heteroatoms. The molecule has 5 nitrogen and oxygen atoms in total. The van der Waals surface area contributed by atoms with E-state index in [1.165, 1.54) is 0 Å². The van der Waals surface area contributed by atoms with E-state index in [1.54, 1.807) is 30.3 Å². The van der Waals surface area contributed by atoms with Crippen LogP contribution in [0.2, 0.25) is 0 Å². The van der Waals surface area contributed by atoms with Crippen LogP contribution in [0.3, 0.4) is 0 Å². The van der Waals surface area contributed by atoms with Crippen molar-refractivity contribution < 1.29 is 27.2 Å². The molecule has 0 radical (unpaired) electrons. The second-order valence-electron chi connectivity index (χ2n) is 5.41. The van der Waals surface area contributed by atoms with Gasteiger partial charge in [-0.05, 0) is 12.1 Å². The van der Waals surface area contributed by atoms with E-state index < -0.39 is 30.6 Å². The quantitative estimate of drug-likeness (QED) is 0.941. The number of amides is 2. The molecule has 3 rings (SSSR count). The Morgan fingerprint density at radius 2 is 2.09 bits per heavy atom. The van der Waals surface area contributed by atoms with Crippen LogP contribution in [-0.4, -0.2) is 42.0 Å². The molecule has 1 aromatic heterocycles. The summed E-state index contributed by atoms with van der Waals surface area (Å²) in [6, 6.07) is 7.93. The summed E-state index contributed by atoms with van der Waals surface area (Å²) in [6.07, 6.45) is -4.60. The van der Waals surface area contributed by atoms with Gasteiger partial charge in [0.05, 0.1) is 6.04 Å². The van der Waals surface area contributed by atoms with E-state index in [-0.39, 0.29) is 18.7 Å². The van der Waals surface area contributed by atoms with Crippen LogP contribution in [0.15, 0.2) is 34.7 Å². The first-order valence-corrected chi connectivity index (χ1v) is 6.96. The number of alkyl halides is 3. The fourth-order valence-corrected chi connectivity index (χ4v) is 2.59. The molecular formula is C15H13F3N2O3. The molecule has 2 aromatic rings. The summed E-state index contributed by atoms with van der Waals surface area (Å²) in [4.78, 5) is 24.4. The van der Waals surface area contributed by atoms with Crippen LogP contribution in [0.1, 0.15) is 17.0 Å². The van der Waals surface area contributed by atoms with Gasteiger partial charge in [0, 0.05) is 18.4 Å². The molecule has 23 heavy (non-hydrogen) atoms. The average Bonchev–Trinajstić information content (AvgIpc) is 3.01. The highest BCUT2D eigenvalue weighted by molar-refractivity contribution is 5.96. The van der Waals surface area contributed by atoms with Crippen molar-refractivity contribution in [3.63, 3.8) is 0 Å². The van der Waals surface area contributed by atoms with Crippen LogP contribution in [-0.2, 0) is 4.79 Å². The smallest absolute Gasteiger partial charge is 0.406 e. The van der Waals surface area contributed by atoms with Crippen molar-refractivity contribution in [1.82, 2.24) is 10.2 Å². The Balaban J connectivity index is 1.65. The molecule has 1 aliphatic rings. The number of likely N-dealkylation sites (tertiary alicyclic amines) is 1. The minimum Gasteiger partial charge on any atom is -0.451 e. The van der Waals surface area contributed by atoms with Crippen LogP contribution in [0.5, 0.6) is 0 Å². The average molecular weight is 326 g/mol. The lowest BCUT2D eigenvalue weighted by molar-refractivity contribution is -0.157. The zero-order chi connectivity index (χ0) is 16.6. The normalized spacial score (nSPS) is 18.7. The van der Waals surface area contributed by atoms with Crippen molar-refractivity contribution in [3.8, 4) is 0 Å². The fourth-order valence-electron chi connectivity index (χ4n) is 2.59. The summed E-state index contributed by atoms with van der Waals surface area (Å²) in [5.74, 6) is -1.11. The third-order valence-electron chi connectivity index (χ3n) is 3.57. The molecule has 1 N–H and O–H groups in total. The number of hydrogen-bond acceptors (Lipinski definition) is 3. The van der Waals surface area contributed by atoms with Crippen LogP contribution in [0, 0.1) is 0 Å². The van der Waals surface area contributed by atoms with Gasteiger partial charge in [0.25, 0.3) is 5.91 Å². The van der Waals surface area contributed by atoms with E-state index in [2.05, 4.69) is 5.32 Å². The lowest BCUT2D eigenvalue weighted by Gasteiger charge is -2.18. The first-order chi connectivity index (χ1) is 10.8. The van der Waals surface area contributed by atoms with Gasteiger partial charge in [0.1, 0.15) is 12.1 Å². The summed E-state index contributed by atoms with van der Waals surface area (Å²) >= 11 is 0. The Kier molecular flexibility index (Phi) is 3.75. The Morgan fingerprint density at radius 1 is 1.35 bits per heavy atom. The Bertz CT molecular complexity index is 721. The van der Waals surface area contributed by atoms with E-state index in [1.807, 2.05) is 0 Å². The van der Waals surface area contributed by atoms with E-state index in [0.717, 1.165) is 5.39 Å². The molecule has 0 bridgehead atoms. The monoisotopic (exact) mass is 326 g/mol. The molecule has 1 atom stereocenters. The minimum absolute atomic E-state index is 0.0629. The van der Waals surface area contributed by atoms with E-state index in [9.17, 15) is 22.8 Å². The van der Waals surface area contributed by atoms with Gasteiger partial charge in [-0.25, -0.2) is 0 Å². The van der Waals surface area contributed by atoms with Crippen molar-refractivity contribution in [2.24, 2.45) is 0 Å². The van der Waals surface area contributed by atoms with E-state index >= 15 is 0 Å². The molecule has 1 fully saturated rings. The highest BCUT2D eigenvalue weighted by Gasteiger charge is 2.38. The maximum Gasteiger partial charge on any atom is 0.406 e. The number of rotatable bonds is 3. The number of carbonyl (C=O) groups excluding carboxylic acids is 2. The van der Waals surface area contributed by atoms with Gasteiger partial charge >= 0.3 is 6.18 Å². The number of hydrogen-bond donors (Lipinski definition) is 1. The maximum absolute atomic E-state index is 12.4. The predicted octanol–water partition coefficient (Wildman–Crippen LogP) is 2.33. The van der Waals surface area contributed by atoms with Gasteiger partial charge in [0.15, 0.2) is 5.76 Å². The molecule has 1 aliphatic heterocycles. The lowest BCUT2D eigenvalue weighted by Crippen LogP contribution is -2.39. The van der Waals surface area contributed by atoms with Crippen molar-refractivity contribution >= 4 is 22.8 Å². The Hall–Kier alpha value is -2.51. The lowest BCUT2D eigenvalue weighted by atomic mass is 10.2. The summed E-state index contributed by atoms with van der Waals surface area (Å²) in [5, 5.41) is 3.29. The number of benzene rings is 1. The molecule has 0 saturated carbocycles. The molecule has 1 aromatic carbocycles. The van der Waals surface area contributed by atoms with Gasteiger partial charge in [0.2, 0.25) is 5.91 Å². The number of furan rings is 1. The number of halogens is 3. The molecule has 1 saturated heterocycles. The molecule has 0 aliphatic carbocycles. The van der Waals surface area contributed by atoms with Crippen molar-refractivity contribution in [2.45, 2.75) is 18.6 Å². The summed E-state index contributed by atoms with van der Waals surface area (Å²) in [5.41, 5.74) is 0.541. The molecule has 0 spiro atoms. The molecular weight excluding hydrogens is 313 g/mol. The Labute approximate surface area is 129 Å². The summed E-state index contributed by atoms with van der Waals surface area (Å²) in [6.45, 7) is -1.47. The number of fused-ring (bicyclic) bond motifs is 1. The zero-order valence-corrected chi connectivity index (χ0v) is 11.9.